The van der Waals surface area contributed by atoms with Crippen molar-refractivity contribution in [3.05, 3.63) is 34.9 Å². The maximum Gasteiger partial charge on any atom is 0.0438 e. The van der Waals surface area contributed by atoms with Gasteiger partial charge in [0.1, 0.15) is 0 Å². The summed E-state index contributed by atoms with van der Waals surface area (Å²) in [6, 6.07) is 8.17. The Bertz CT molecular complexity index is 368. The van der Waals surface area contributed by atoms with Gasteiger partial charge in [-0.25, -0.2) is 0 Å². The molecule has 0 saturated carbocycles. The van der Waals surface area contributed by atoms with Crippen molar-refractivity contribution >= 4 is 11.6 Å². The second-order valence-electron chi connectivity index (χ2n) is 6.66. The zero-order chi connectivity index (χ0) is 13.8. The van der Waals surface area contributed by atoms with Crippen molar-refractivity contribution in [3.8, 4) is 0 Å². The lowest BCUT2D eigenvalue weighted by molar-refractivity contribution is 0.285. The molecule has 0 amide bonds. The first-order chi connectivity index (χ1) is 8.28. The molecule has 102 valence electrons. The van der Waals surface area contributed by atoms with Crippen LogP contribution in [0.3, 0.4) is 0 Å². The Kier molecular flexibility index (Phi) is 5.68. The molecule has 18 heavy (non-hydrogen) atoms. The fourth-order valence-electron chi connectivity index (χ4n) is 2.68. The molecule has 0 spiro atoms. The highest BCUT2D eigenvalue weighted by atomic mass is 35.5. The molecule has 0 heterocycles. The molecule has 1 nitrogen and oxygen atoms in total. The number of benzene rings is 1. The Morgan fingerprint density at radius 3 is 2.39 bits per heavy atom. The fraction of sp³-hybridized carbons (Fsp3) is 0.625. The van der Waals surface area contributed by atoms with Crippen molar-refractivity contribution in [2.75, 3.05) is 0 Å². The molecule has 1 rings (SSSR count). The summed E-state index contributed by atoms with van der Waals surface area (Å²) in [7, 11) is 0. The molecule has 0 aromatic heterocycles. The highest BCUT2D eigenvalue weighted by molar-refractivity contribution is 6.31. The Balaban J connectivity index is 2.47. The summed E-state index contributed by atoms with van der Waals surface area (Å²) < 4.78 is 0. The van der Waals surface area contributed by atoms with E-state index in [9.17, 15) is 0 Å². The van der Waals surface area contributed by atoms with Gasteiger partial charge in [-0.15, -0.1) is 0 Å². The average Bonchev–Trinajstić information content (AvgIpc) is 2.18. The van der Waals surface area contributed by atoms with E-state index in [1.165, 1.54) is 6.42 Å². The van der Waals surface area contributed by atoms with Gasteiger partial charge >= 0.3 is 0 Å². The van der Waals surface area contributed by atoms with E-state index in [2.05, 4.69) is 33.8 Å². The van der Waals surface area contributed by atoms with Crippen LogP contribution >= 0.6 is 11.6 Å². The van der Waals surface area contributed by atoms with Crippen molar-refractivity contribution in [3.63, 3.8) is 0 Å². The molecule has 2 N–H and O–H groups in total. The van der Waals surface area contributed by atoms with Gasteiger partial charge in [-0.2, -0.15) is 0 Å². The summed E-state index contributed by atoms with van der Waals surface area (Å²) in [4.78, 5) is 0. The predicted octanol–water partition coefficient (Wildman–Crippen LogP) is 4.67. The van der Waals surface area contributed by atoms with Crippen molar-refractivity contribution in [1.29, 1.82) is 0 Å². The summed E-state index contributed by atoms with van der Waals surface area (Å²) in [5.74, 6) is 0.655. The van der Waals surface area contributed by atoms with Gasteiger partial charge in [0, 0.05) is 11.1 Å². The van der Waals surface area contributed by atoms with Crippen LogP contribution in [-0.4, -0.2) is 6.04 Å². The van der Waals surface area contributed by atoms with E-state index in [1.54, 1.807) is 0 Å². The van der Waals surface area contributed by atoms with Gasteiger partial charge in [0.25, 0.3) is 0 Å². The van der Waals surface area contributed by atoms with Gasteiger partial charge in [0.15, 0.2) is 0 Å². The fourth-order valence-corrected chi connectivity index (χ4v) is 2.89. The first-order valence-electron chi connectivity index (χ1n) is 6.77. The normalized spacial score (nSPS) is 15.4. The average molecular weight is 268 g/mol. The highest BCUT2D eigenvalue weighted by Crippen LogP contribution is 2.27. The molecule has 2 unspecified atom stereocenters. The highest BCUT2D eigenvalue weighted by Gasteiger charge is 2.18. The predicted molar refractivity (Wildman–Crippen MR) is 81.0 cm³/mol. The zero-order valence-corrected chi connectivity index (χ0v) is 12.8. The van der Waals surface area contributed by atoms with Crippen LogP contribution in [0.1, 0.15) is 46.1 Å². The standard InChI is InChI=1S/C16H26ClN/c1-12(11-16(2,3)4)9-14(18)10-13-7-5-6-8-15(13)17/h5-8,12,14H,9-11,18H2,1-4H3. The van der Waals surface area contributed by atoms with Gasteiger partial charge in [0.05, 0.1) is 0 Å². The molecule has 1 aromatic carbocycles. The molecule has 0 bridgehead atoms. The monoisotopic (exact) mass is 267 g/mol. The minimum absolute atomic E-state index is 0.197. The van der Waals surface area contributed by atoms with Gasteiger partial charge in [-0.1, -0.05) is 57.5 Å². The first-order valence-corrected chi connectivity index (χ1v) is 7.15. The molecule has 0 aliphatic carbocycles. The number of rotatable bonds is 5. The van der Waals surface area contributed by atoms with Gasteiger partial charge in [0.2, 0.25) is 0 Å². The summed E-state index contributed by atoms with van der Waals surface area (Å²) in [5, 5.41) is 0.830. The molecule has 2 heteroatoms. The van der Waals surface area contributed by atoms with Crippen LogP contribution in [-0.2, 0) is 6.42 Å². The molecule has 1 aromatic rings. The largest absolute Gasteiger partial charge is 0.327 e. The van der Waals surface area contributed by atoms with Crippen LogP contribution in [0.25, 0.3) is 0 Å². The Labute approximate surface area is 117 Å². The maximum absolute atomic E-state index is 6.24. The maximum atomic E-state index is 6.24. The second kappa shape index (κ2) is 6.58. The lowest BCUT2D eigenvalue weighted by Gasteiger charge is -2.25. The SMILES string of the molecule is CC(CC(N)Cc1ccccc1Cl)CC(C)(C)C. The third-order valence-electron chi connectivity index (χ3n) is 3.11. The molecule has 0 aliphatic rings. The minimum atomic E-state index is 0.197. The van der Waals surface area contributed by atoms with Crippen molar-refractivity contribution in [2.45, 2.75) is 53.0 Å². The molecular weight excluding hydrogens is 242 g/mol. The van der Waals surface area contributed by atoms with E-state index in [0.717, 1.165) is 23.4 Å². The van der Waals surface area contributed by atoms with Crippen molar-refractivity contribution in [2.24, 2.45) is 17.1 Å². The smallest absolute Gasteiger partial charge is 0.0438 e. The summed E-state index contributed by atoms with van der Waals surface area (Å²) in [6.45, 7) is 9.13. The van der Waals surface area contributed by atoms with Crippen molar-refractivity contribution in [1.82, 2.24) is 0 Å². The Hall–Kier alpha value is -0.530. The van der Waals surface area contributed by atoms with E-state index >= 15 is 0 Å². The van der Waals surface area contributed by atoms with Crippen LogP contribution < -0.4 is 5.73 Å². The van der Waals surface area contributed by atoms with Crippen molar-refractivity contribution < 1.29 is 0 Å². The summed E-state index contributed by atoms with van der Waals surface area (Å²) >= 11 is 6.16. The molecule has 0 saturated heterocycles. The Morgan fingerprint density at radius 1 is 1.22 bits per heavy atom. The molecule has 2 atom stereocenters. The lowest BCUT2D eigenvalue weighted by Crippen LogP contribution is -2.27. The van der Waals surface area contributed by atoms with Crippen LogP contribution in [0, 0.1) is 11.3 Å². The topological polar surface area (TPSA) is 26.0 Å². The van der Waals surface area contributed by atoms with Gasteiger partial charge in [-0.05, 0) is 42.2 Å². The van der Waals surface area contributed by atoms with Crippen LogP contribution in [0.2, 0.25) is 5.02 Å². The third-order valence-corrected chi connectivity index (χ3v) is 3.47. The number of hydrogen-bond donors (Lipinski definition) is 1. The lowest BCUT2D eigenvalue weighted by atomic mass is 9.82. The number of nitrogens with two attached hydrogens (primary N) is 1. The summed E-state index contributed by atoms with van der Waals surface area (Å²) in [6.07, 6.45) is 3.14. The van der Waals surface area contributed by atoms with E-state index < -0.39 is 0 Å². The molecular formula is C16H26ClN. The van der Waals surface area contributed by atoms with Crippen LogP contribution in [0.4, 0.5) is 0 Å². The van der Waals surface area contributed by atoms with Crippen LogP contribution in [0.5, 0.6) is 0 Å². The zero-order valence-electron chi connectivity index (χ0n) is 12.0. The quantitative estimate of drug-likeness (QED) is 0.824. The van der Waals surface area contributed by atoms with E-state index in [1.807, 2.05) is 18.2 Å². The molecule has 0 aliphatic heterocycles. The second-order valence-corrected chi connectivity index (χ2v) is 7.07. The number of halogens is 1. The Morgan fingerprint density at radius 2 is 1.83 bits per heavy atom. The van der Waals surface area contributed by atoms with E-state index in [0.29, 0.717) is 11.3 Å². The van der Waals surface area contributed by atoms with Gasteiger partial charge in [-0.3, -0.25) is 0 Å². The van der Waals surface area contributed by atoms with E-state index in [-0.39, 0.29) is 6.04 Å². The summed E-state index contributed by atoms with van der Waals surface area (Å²) in [5.41, 5.74) is 7.78. The molecule has 0 fully saturated rings. The molecule has 0 radical (unpaired) electrons. The van der Waals surface area contributed by atoms with Crippen LogP contribution in [0.15, 0.2) is 24.3 Å². The van der Waals surface area contributed by atoms with E-state index in [4.69, 9.17) is 17.3 Å². The minimum Gasteiger partial charge on any atom is -0.327 e. The third kappa shape index (κ3) is 5.88. The first kappa shape index (κ1) is 15.5. The number of hydrogen-bond acceptors (Lipinski definition) is 1. The van der Waals surface area contributed by atoms with Gasteiger partial charge < -0.3 is 5.73 Å².